The van der Waals surface area contributed by atoms with E-state index in [1.807, 2.05) is 12.1 Å². The molecule has 1 aromatic heterocycles. The van der Waals surface area contributed by atoms with Crippen molar-refractivity contribution in [2.24, 2.45) is 7.05 Å². The maximum atomic E-state index is 13.8. The summed E-state index contributed by atoms with van der Waals surface area (Å²) in [4.78, 5) is 16.3. The highest BCUT2D eigenvalue weighted by Crippen LogP contribution is 2.37. The van der Waals surface area contributed by atoms with Crippen molar-refractivity contribution >= 4 is 27.6 Å². The number of rotatable bonds is 3. The van der Waals surface area contributed by atoms with Crippen LogP contribution in [0.15, 0.2) is 66.7 Å². The lowest BCUT2D eigenvalue weighted by molar-refractivity contribution is 0.0884. The Morgan fingerprint density at radius 1 is 0.875 bits per heavy atom. The van der Waals surface area contributed by atoms with Crippen LogP contribution < -0.4 is 5.32 Å². The van der Waals surface area contributed by atoms with Crippen LogP contribution in [-0.2, 0) is 7.05 Å². The van der Waals surface area contributed by atoms with Gasteiger partial charge in [-0.25, -0.2) is 0 Å². The molecule has 32 heavy (non-hydrogen) atoms. The van der Waals surface area contributed by atoms with Gasteiger partial charge in [-0.2, -0.15) is 0 Å². The number of amides is 1. The third-order valence-corrected chi connectivity index (χ3v) is 7.79. The summed E-state index contributed by atoms with van der Waals surface area (Å²) in [6.07, 6.45) is 4.61. The molecule has 1 N–H and O–H groups in total. The number of hydrogen-bond acceptors (Lipinski definition) is 2. The summed E-state index contributed by atoms with van der Waals surface area (Å²) in [5, 5.41) is 6.85. The molecule has 4 heteroatoms. The molecule has 3 aromatic carbocycles. The first-order valence-electron chi connectivity index (χ1n) is 11.7. The smallest absolute Gasteiger partial charge is 0.254 e. The average Bonchev–Trinajstić information content (AvgIpc) is 3.20. The normalized spacial score (nSPS) is 23.1. The molecule has 2 atom stereocenters. The highest BCUT2D eigenvalue weighted by molar-refractivity contribution is 6.13. The van der Waals surface area contributed by atoms with Crippen LogP contribution in [0.3, 0.4) is 0 Å². The number of aromatic nitrogens is 1. The number of aryl methyl sites for hydroxylation is 1. The lowest BCUT2D eigenvalue weighted by Gasteiger charge is -2.36. The van der Waals surface area contributed by atoms with Gasteiger partial charge < -0.3 is 14.8 Å². The Kier molecular flexibility index (Phi) is 4.58. The van der Waals surface area contributed by atoms with Gasteiger partial charge in [-0.15, -0.1) is 0 Å². The van der Waals surface area contributed by atoms with Crippen LogP contribution in [-0.4, -0.2) is 40.5 Å². The zero-order valence-corrected chi connectivity index (χ0v) is 18.7. The molecule has 4 nitrogen and oxygen atoms in total. The second-order valence-electron chi connectivity index (χ2n) is 9.55. The van der Waals surface area contributed by atoms with Gasteiger partial charge >= 0.3 is 0 Å². The van der Waals surface area contributed by atoms with Crippen molar-refractivity contribution in [1.29, 1.82) is 0 Å². The van der Waals surface area contributed by atoms with E-state index in [0.29, 0.717) is 12.1 Å². The van der Waals surface area contributed by atoms with Crippen molar-refractivity contribution in [3.8, 4) is 11.3 Å². The predicted molar refractivity (Wildman–Crippen MR) is 131 cm³/mol. The standard InChI is InChI=1S/C28H29N3O/c1-30-22-13-14-23(30)17-21(16-22)29-28(32)26-24-9-5-6-10-25(24)31(2)27(26)20-12-11-18-7-3-4-8-19(18)15-20/h3-12,15,21-23H,13-14,16-17H2,1-2H3,(H,29,32). The number of nitrogens with one attached hydrogen (secondary N) is 1. The largest absolute Gasteiger partial charge is 0.349 e. The van der Waals surface area contributed by atoms with Crippen molar-refractivity contribution in [2.75, 3.05) is 7.05 Å². The zero-order chi connectivity index (χ0) is 21.8. The number of nitrogens with zero attached hydrogens (tertiary/aromatic N) is 2. The summed E-state index contributed by atoms with van der Waals surface area (Å²) >= 11 is 0. The maximum Gasteiger partial charge on any atom is 0.254 e. The molecule has 0 radical (unpaired) electrons. The minimum Gasteiger partial charge on any atom is -0.349 e. The Hall–Kier alpha value is -3.11. The monoisotopic (exact) mass is 423 g/mol. The molecule has 0 spiro atoms. The van der Waals surface area contributed by atoms with Crippen LogP contribution in [0.1, 0.15) is 36.0 Å². The van der Waals surface area contributed by atoms with E-state index >= 15 is 0 Å². The topological polar surface area (TPSA) is 37.3 Å². The molecular formula is C28H29N3O. The van der Waals surface area contributed by atoms with E-state index in [1.165, 1.54) is 23.6 Å². The third-order valence-electron chi connectivity index (χ3n) is 7.79. The van der Waals surface area contributed by atoms with E-state index in [9.17, 15) is 4.79 Å². The van der Waals surface area contributed by atoms with E-state index in [0.717, 1.165) is 40.6 Å². The lowest BCUT2D eigenvalue weighted by atomic mass is 9.96. The molecule has 3 heterocycles. The second-order valence-corrected chi connectivity index (χ2v) is 9.55. The van der Waals surface area contributed by atoms with Crippen molar-refractivity contribution < 1.29 is 4.79 Å². The van der Waals surface area contributed by atoms with Crippen LogP contribution in [0.25, 0.3) is 32.9 Å². The van der Waals surface area contributed by atoms with Crippen molar-refractivity contribution in [3.63, 3.8) is 0 Å². The summed E-state index contributed by atoms with van der Waals surface area (Å²) in [6, 6.07) is 24.6. The van der Waals surface area contributed by atoms with Gasteiger partial charge in [0, 0.05) is 36.1 Å². The Morgan fingerprint density at radius 3 is 2.34 bits per heavy atom. The zero-order valence-electron chi connectivity index (χ0n) is 18.7. The average molecular weight is 424 g/mol. The van der Waals surface area contributed by atoms with E-state index < -0.39 is 0 Å². The summed E-state index contributed by atoms with van der Waals surface area (Å²) in [6.45, 7) is 0. The predicted octanol–water partition coefficient (Wildman–Crippen LogP) is 5.35. The fraction of sp³-hybridized carbons (Fsp3) is 0.321. The number of piperidine rings is 1. The maximum absolute atomic E-state index is 13.8. The highest BCUT2D eigenvalue weighted by atomic mass is 16.1. The summed E-state index contributed by atoms with van der Waals surface area (Å²) in [7, 11) is 4.31. The minimum absolute atomic E-state index is 0.0545. The molecule has 2 saturated heterocycles. The molecular weight excluding hydrogens is 394 g/mol. The molecule has 2 aliphatic heterocycles. The molecule has 2 bridgehead atoms. The van der Waals surface area contributed by atoms with Gasteiger partial charge in [-0.3, -0.25) is 4.79 Å². The van der Waals surface area contributed by atoms with Gasteiger partial charge in [0.2, 0.25) is 0 Å². The van der Waals surface area contributed by atoms with Gasteiger partial charge in [0.25, 0.3) is 5.91 Å². The second kappa shape index (κ2) is 7.49. The Bertz CT molecular complexity index is 1320. The first-order chi connectivity index (χ1) is 15.6. The van der Waals surface area contributed by atoms with Crippen LogP contribution in [0.2, 0.25) is 0 Å². The number of carbonyl (C=O) groups is 1. The van der Waals surface area contributed by atoms with Gasteiger partial charge in [-0.1, -0.05) is 54.6 Å². The van der Waals surface area contributed by atoms with Crippen molar-refractivity contribution in [2.45, 2.75) is 43.8 Å². The molecule has 4 aromatic rings. The van der Waals surface area contributed by atoms with E-state index in [4.69, 9.17) is 0 Å². The fourth-order valence-electron chi connectivity index (χ4n) is 6.08. The molecule has 6 rings (SSSR count). The SMILES string of the molecule is CN1C2CCC1CC(NC(=O)c1c(-c3ccc4ccccc4c3)n(C)c3ccccc13)C2. The third kappa shape index (κ3) is 3.05. The Morgan fingerprint density at radius 2 is 1.56 bits per heavy atom. The van der Waals surface area contributed by atoms with Crippen LogP contribution in [0, 0.1) is 0 Å². The van der Waals surface area contributed by atoms with Crippen LogP contribution >= 0.6 is 0 Å². The molecule has 2 aliphatic rings. The molecule has 162 valence electrons. The first kappa shape index (κ1) is 19.6. The number of hydrogen-bond donors (Lipinski definition) is 1. The van der Waals surface area contributed by atoms with Gasteiger partial charge in [-0.05, 0) is 61.2 Å². The van der Waals surface area contributed by atoms with Gasteiger partial charge in [0.05, 0.1) is 11.3 Å². The van der Waals surface area contributed by atoms with Crippen molar-refractivity contribution in [3.05, 3.63) is 72.3 Å². The van der Waals surface area contributed by atoms with Gasteiger partial charge in [0.15, 0.2) is 0 Å². The highest BCUT2D eigenvalue weighted by Gasteiger charge is 2.39. The summed E-state index contributed by atoms with van der Waals surface area (Å²) < 4.78 is 2.17. The van der Waals surface area contributed by atoms with Crippen LogP contribution in [0.5, 0.6) is 0 Å². The van der Waals surface area contributed by atoms with E-state index in [1.54, 1.807) is 0 Å². The summed E-state index contributed by atoms with van der Waals surface area (Å²) in [5.41, 5.74) is 3.95. The van der Waals surface area contributed by atoms with E-state index in [2.05, 4.69) is 83.5 Å². The Labute approximate surface area is 188 Å². The minimum atomic E-state index is 0.0545. The van der Waals surface area contributed by atoms with Crippen LogP contribution in [0.4, 0.5) is 0 Å². The molecule has 0 saturated carbocycles. The van der Waals surface area contributed by atoms with E-state index in [-0.39, 0.29) is 11.9 Å². The fourth-order valence-corrected chi connectivity index (χ4v) is 6.08. The number of carbonyl (C=O) groups excluding carboxylic acids is 1. The number of fused-ring (bicyclic) bond motifs is 4. The summed E-state index contributed by atoms with van der Waals surface area (Å²) in [5.74, 6) is 0.0545. The molecule has 1 amide bonds. The molecule has 2 unspecified atom stereocenters. The van der Waals surface area contributed by atoms with Gasteiger partial charge in [0.1, 0.15) is 0 Å². The molecule has 2 fully saturated rings. The Balaban J connectivity index is 1.43. The quantitative estimate of drug-likeness (QED) is 0.482. The molecule has 0 aliphatic carbocycles. The number of para-hydroxylation sites is 1. The van der Waals surface area contributed by atoms with Crippen molar-refractivity contribution in [1.82, 2.24) is 14.8 Å². The number of benzene rings is 3. The first-order valence-corrected chi connectivity index (χ1v) is 11.7. The lowest BCUT2D eigenvalue weighted by Crippen LogP contribution is -2.48.